The molecule has 0 bridgehead atoms. The van der Waals surface area contributed by atoms with Gasteiger partial charge >= 0.3 is 5.97 Å². The minimum absolute atomic E-state index is 0.120. The predicted molar refractivity (Wildman–Crippen MR) is 91.1 cm³/mol. The van der Waals surface area contributed by atoms with Crippen LogP contribution < -0.4 is 0 Å². The second kappa shape index (κ2) is 7.92. The molecular weight excluding hydrogens is 379 g/mol. The Balaban J connectivity index is 2.18. The Hall–Kier alpha value is -0.910. The van der Waals surface area contributed by atoms with Gasteiger partial charge in [0.2, 0.25) is 0 Å². The Morgan fingerprint density at radius 3 is 2.86 bits per heavy atom. The van der Waals surface area contributed by atoms with Crippen molar-refractivity contribution in [3.8, 4) is 0 Å². The van der Waals surface area contributed by atoms with Gasteiger partial charge in [-0.3, -0.25) is 9.59 Å². The maximum Gasteiger partial charge on any atom is 0.306 e. The summed E-state index contributed by atoms with van der Waals surface area (Å²) < 4.78 is 6.29. The molecule has 3 nitrogen and oxygen atoms in total. The summed E-state index contributed by atoms with van der Waals surface area (Å²) in [5.74, 6) is 0.176. The van der Waals surface area contributed by atoms with Crippen molar-refractivity contribution >= 4 is 34.3 Å². The smallest absolute Gasteiger partial charge is 0.306 e. The summed E-state index contributed by atoms with van der Waals surface area (Å²) in [5.41, 5.74) is 0.859. The first kappa shape index (κ1) is 16.5. The monoisotopic (exact) mass is 400 g/mol. The highest BCUT2D eigenvalue weighted by molar-refractivity contribution is 14.1. The molecule has 2 aliphatic rings. The molecule has 0 spiro atoms. The second-order valence-electron chi connectivity index (χ2n) is 5.46. The molecule has 0 amide bonds. The summed E-state index contributed by atoms with van der Waals surface area (Å²) in [4.78, 5) is 24.0. The molecule has 1 aliphatic heterocycles. The van der Waals surface area contributed by atoms with Crippen molar-refractivity contribution < 1.29 is 14.3 Å². The van der Waals surface area contributed by atoms with E-state index in [9.17, 15) is 9.59 Å². The van der Waals surface area contributed by atoms with Crippen molar-refractivity contribution in [1.82, 2.24) is 0 Å². The number of esters is 1. The lowest BCUT2D eigenvalue weighted by molar-refractivity contribution is -0.149. The van der Waals surface area contributed by atoms with Crippen LogP contribution in [-0.2, 0) is 14.3 Å². The molecule has 4 heteroatoms. The molecular formula is C17H21IO3. The van der Waals surface area contributed by atoms with Gasteiger partial charge < -0.3 is 4.74 Å². The summed E-state index contributed by atoms with van der Waals surface area (Å²) in [7, 11) is 0. The number of carbonyl (C=O) groups excluding carboxylic acids is 2. The molecule has 2 rings (SSSR count). The average molecular weight is 400 g/mol. The van der Waals surface area contributed by atoms with Gasteiger partial charge in [-0.25, -0.2) is 0 Å². The average Bonchev–Trinajstić information content (AvgIpc) is 2.74. The van der Waals surface area contributed by atoms with Gasteiger partial charge in [0, 0.05) is 24.3 Å². The highest BCUT2D eigenvalue weighted by Gasteiger charge is 2.28. The van der Waals surface area contributed by atoms with Gasteiger partial charge in [-0.05, 0) is 48.3 Å². The first-order chi connectivity index (χ1) is 10.1. The number of hydrogen-bond donors (Lipinski definition) is 0. The third-order valence-electron chi connectivity index (χ3n) is 3.89. The summed E-state index contributed by atoms with van der Waals surface area (Å²) >= 11 is 2.11. The van der Waals surface area contributed by atoms with Crippen molar-refractivity contribution in [3.63, 3.8) is 0 Å². The quantitative estimate of drug-likeness (QED) is 0.375. The fraction of sp³-hybridized carbons (Fsp3) is 0.529. The van der Waals surface area contributed by atoms with E-state index in [-0.39, 0.29) is 23.8 Å². The highest BCUT2D eigenvalue weighted by atomic mass is 127. The van der Waals surface area contributed by atoms with Gasteiger partial charge in [0.1, 0.15) is 6.10 Å². The molecule has 2 atom stereocenters. The van der Waals surface area contributed by atoms with Crippen LogP contribution in [-0.4, -0.2) is 17.9 Å². The molecule has 114 valence electrons. The number of ether oxygens (including phenoxy) is 1. The van der Waals surface area contributed by atoms with Gasteiger partial charge in [-0.1, -0.05) is 31.2 Å². The lowest BCUT2D eigenvalue weighted by Crippen LogP contribution is -2.17. The van der Waals surface area contributed by atoms with E-state index in [1.54, 1.807) is 0 Å². The van der Waals surface area contributed by atoms with Crippen molar-refractivity contribution in [3.05, 3.63) is 33.5 Å². The van der Waals surface area contributed by atoms with E-state index in [1.807, 2.05) is 19.1 Å². The van der Waals surface area contributed by atoms with Crippen LogP contribution in [0.15, 0.2) is 33.5 Å². The van der Waals surface area contributed by atoms with Crippen LogP contribution >= 0.6 is 22.6 Å². The number of carbonyl (C=O) groups is 2. The maximum absolute atomic E-state index is 12.2. The standard InChI is InChI=1S/C17H21IO3/c1-2-13-9-10-14-12(11-15(18)17(14)20)7-5-3-4-6-8-16(19)21-13/h3,5,10-13H,2,4,6-9H2,1H3/b5-3-,14-10+/t12-,13-/m0/s1. The lowest BCUT2D eigenvalue weighted by atomic mass is 9.96. The van der Waals surface area contributed by atoms with Crippen molar-refractivity contribution in [2.45, 2.75) is 51.6 Å². The zero-order valence-corrected chi connectivity index (χ0v) is 14.5. The first-order valence-corrected chi connectivity index (χ1v) is 8.66. The summed E-state index contributed by atoms with van der Waals surface area (Å²) in [5, 5.41) is 0. The summed E-state index contributed by atoms with van der Waals surface area (Å²) in [6, 6.07) is 0. The Morgan fingerprint density at radius 1 is 1.29 bits per heavy atom. The van der Waals surface area contributed by atoms with Crippen LogP contribution in [0.4, 0.5) is 0 Å². The van der Waals surface area contributed by atoms with E-state index in [1.165, 1.54) is 0 Å². The van der Waals surface area contributed by atoms with Gasteiger partial charge in [-0.2, -0.15) is 0 Å². The number of Topliss-reactive ketones (excluding diaryl/α,β-unsaturated/α-hetero) is 1. The largest absolute Gasteiger partial charge is 0.462 e. The Labute approximate surface area is 139 Å². The summed E-state index contributed by atoms with van der Waals surface area (Å²) in [6.45, 7) is 2.01. The minimum Gasteiger partial charge on any atom is -0.462 e. The molecule has 1 heterocycles. The third-order valence-corrected chi connectivity index (χ3v) is 4.74. The number of hydrogen-bond acceptors (Lipinski definition) is 3. The molecule has 0 saturated carbocycles. The van der Waals surface area contributed by atoms with E-state index < -0.39 is 0 Å². The SMILES string of the molecule is CC[C@H]1C/C=C2/C(=O)C(I)=C[C@@H]2C/C=C\CCCC(=O)O1. The topological polar surface area (TPSA) is 43.4 Å². The van der Waals surface area contributed by atoms with Crippen molar-refractivity contribution in [2.24, 2.45) is 5.92 Å². The van der Waals surface area contributed by atoms with Crippen LogP contribution in [0.2, 0.25) is 0 Å². The van der Waals surface area contributed by atoms with E-state index in [0.717, 1.165) is 34.8 Å². The zero-order chi connectivity index (χ0) is 15.2. The summed E-state index contributed by atoms with van der Waals surface area (Å²) in [6.07, 6.45) is 12.6. The number of halogens is 1. The number of rotatable bonds is 1. The molecule has 0 aromatic heterocycles. The first-order valence-electron chi connectivity index (χ1n) is 7.58. The van der Waals surface area contributed by atoms with Crippen molar-refractivity contribution in [2.75, 3.05) is 0 Å². The van der Waals surface area contributed by atoms with Crippen molar-refractivity contribution in [1.29, 1.82) is 0 Å². The maximum atomic E-state index is 12.2. The Kier molecular flexibility index (Phi) is 6.21. The lowest BCUT2D eigenvalue weighted by Gasteiger charge is -2.15. The molecule has 0 N–H and O–H groups in total. The van der Waals surface area contributed by atoms with Gasteiger partial charge in [0.15, 0.2) is 5.78 Å². The van der Waals surface area contributed by atoms with Crippen LogP contribution in [0.1, 0.15) is 45.4 Å². The van der Waals surface area contributed by atoms with E-state index in [2.05, 4.69) is 34.7 Å². The molecule has 0 aromatic rings. The van der Waals surface area contributed by atoms with Gasteiger partial charge in [0.05, 0.1) is 3.58 Å². The van der Waals surface area contributed by atoms with E-state index >= 15 is 0 Å². The van der Waals surface area contributed by atoms with Gasteiger partial charge in [-0.15, -0.1) is 0 Å². The fourth-order valence-corrected chi connectivity index (χ4v) is 3.36. The minimum atomic E-state index is -0.130. The number of allylic oxidation sites excluding steroid dienone is 5. The second-order valence-corrected chi connectivity index (χ2v) is 6.63. The molecule has 21 heavy (non-hydrogen) atoms. The molecule has 0 radical (unpaired) electrons. The van der Waals surface area contributed by atoms with E-state index in [0.29, 0.717) is 12.8 Å². The van der Waals surface area contributed by atoms with Crippen LogP contribution in [0.5, 0.6) is 0 Å². The van der Waals surface area contributed by atoms with E-state index in [4.69, 9.17) is 4.74 Å². The normalized spacial score (nSPS) is 31.7. The highest BCUT2D eigenvalue weighted by Crippen LogP contribution is 2.33. The van der Waals surface area contributed by atoms with Crippen LogP contribution in [0, 0.1) is 5.92 Å². The zero-order valence-electron chi connectivity index (χ0n) is 12.3. The molecule has 1 aliphatic carbocycles. The van der Waals surface area contributed by atoms with Gasteiger partial charge in [0.25, 0.3) is 0 Å². The van der Waals surface area contributed by atoms with Crippen LogP contribution in [0.25, 0.3) is 0 Å². The molecule has 0 fully saturated rings. The predicted octanol–water partition coefficient (Wildman–Crippen LogP) is 4.27. The number of fused-ring (bicyclic) bond motifs is 1. The Morgan fingerprint density at radius 2 is 2.10 bits per heavy atom. The third kappa shape index (κ3) is 4.53. The molecule has 0 saturated heterocycles. The van der Waals surface area contributed by atoms with Crippen LogP contribution in [0.3, 0.4) is 0 Å². The Bertz CT molecular complexity index is 502. The fourth-order valence-electron chi connectivity index (χ4n) is 2.61. The number of ketones is 1. The molecule has 0 unspecified atom stereocenters. The number of cyclic esters (lactones) is 1. The molecule has 0 aromatic carbocycles.